The van der Waals surface area contributed by atoms with Crippen LogP contribution in [0.1, 0.15) is 39.3 Å². The van der Waals surface area contributed by atoms with Gasteiger partial charge in [-0.1, -0.05) is 43.3 Å². The Morgan fingerprint density at radius 1 is 1.17 bits per heavy atom. The molecule has 0 radical (unpaired) electrons. The summed E-state index contributed by atoms with van der Waals surface area (Å²) in [6.45, 7) is 5.26. The Morgan fingerprint density at radius 2 is 2.00 bits per heavy atom. The van der Waals surface area contributed by atoms with Gasteiger partial charge in [-0.2, -0.15) is 5.10 Å². The zero-order valence-corrected chi connectivity index (χ0v) is 17.8. The van der Waals surface area contributed by atoms with Crippen LogP contribution in [-0.2, 0) is 13.1 Å². The number of aryl methyl sites for hydroxylation is 1. The second-order valence-corrected chi connectivity index (χ2v) is 8.21. The molecule has 1 amide bonds. The Labute approximate surface area is 179 Å². The van der Waals surface area contributed by atoms with Gasteiger partial charge in [-0.3, -0.25) is 14.5 Å². The van der Waals surface area contributed by atoms with E-state index >= 15 is 0 Å². The highest BCUT2D eigenvalue weighted by Crippen LogP contribution is 2.27. The minimum Gasteiger partial charge on any atom is -0.347 e. The largest absolute Gasteiger partial charge is 0.347 e. The molecule has 3 heterocycles. The maximum absolute atomic E-state index is 12.6. The topological polar surface area (TPSA) is 72.7 Å². The van der Waals surface area contributed by atoms with Crippen molar-refractivity contribution in [3.63, 3.8) is 0 Å². The van der Waals surface area contributed by atoms with Crippen LogP contribution < -0.4 is 5.32 Å². The van der Waals surface area contributed by atoms with E-state index in [-0.39, 0.29) is 5.91 Å². The summed E-state index contributed by atoms with van der Waals surface area (Å²) in [6.07, 6.45) is 5.42. The van der Waals surface area contributed by atoms with Crippen LogP contribution in [0.4, 0.5) is 0 Å². The second kappa shape index (κ2) is 9.00. The summed E-state index contributed by atoms with van der Waals surface area (Å²) in [5, 5.41) is 8.37. The molecule has 1 atom stereocenters. The molecule has 1 aromatic carbocycles. The van der Waals surface area contributed by atoms with Crippen molar-refractivity contribution >= 4 is 17.2 Å². The number of amides is 1. The first-order valence-electron chi connectivity index (χ1n) is 9.83. The summed E-state index contributed by atoms with van der Waals surface area (Å²) in [5.41, 5.74) is 3.74. The number of nitrogens with one attached hydrogen (secondary N) is 1. The van der Waals surface area contributed by atoms with E-state index in [0.29, 0.717) is 23.0 Å². The first-order chi connectivity index (χ1) is 14.6. The lowest BCUT2D eigenvalue weighted by Gasteiger charge is -2.11. The molecular formula is C23H23N5OS. The van der Waals surface area contributed by atoms with Crippen LogP contribution in [0.5, 0.6) is 0 Å². The van der Waals surface area contributed by atoms with Gasteiger partial charge >= 0.3 is 0 Å². The molecule has 3 aromatic heterocycles. The smallest absolute Gasteiger partial charge is 0.263 e. The minimum atomic E-state index is -0.128. The van der Waals surface area contributed by atoms with Crippen LogP contribution in [0, 0.1) is 6.92 Å². The normalized spacial score (nSPS) is 11.9. The van der Waals surface area contributed by atoms with Gasteiger partial charge in [-0.15, -0.1) is 11.3 Å². The first-order valence-corrected chi connectivity index (χ1v) is 10.6. The molecule has 1 unspecified atom stereocenters. The van der Waals surface area contributed by atoms with Gasteiger partial charge in [0.05, 0.1) is 5.69 Å². The molecule has 0 aliphatic heterocycles. The fraction of sp³-hybridized carbons (Fsp3) is 0.217. The number of rotatable bonds is 7. The van der Waals surface area contributed by atoms with Gasteiger partial charge in [-0.25, -0.2) is 4.98 Å². The molecule has 7 heteroatoms. The van der Waals surface area contributed by atoms with Crippen molar-refractivity contribution < 1.29 is 4.79 Å². The third-order valence-corrected chi connectivity index (χ3v) is 6.05. The summed E-state index contributed by atoms with van der Waals surface area (Å²) in [6, 6.07) is 16.1. The highest BCUT2D eigenvalue weighted by molar-refractivity contribution is 7.17. The third-order valence-electron chi connectivity index (χ3n) is 4.87. The Morgan fingerprint density at radius 3 is 2.77 bits per heavy atom. The van der Waals surface area contributed by atoms with Crippen molar-refractivity contribution in [1.82, 2.24) is 25.1 Å². The number of hydrogen-bond acceptors (Lipinski definition) is 5. The van der Waals surface area contributed by atoms with Gasteiger partial charge < -0.3 is 5.32 Å². The molecule has 0 saturated heterocycles. The van der Waals surface area contributed by atoms with Crippen molar-refractivity contribution in [1.29, 1.82) is 0 Å². The van der Waals surface area contributed by atoms with Crippen LogP contribution in [0.25, 0.3) is 10.7 Å². The number of nitrogens with zero attached hydrogens (tertiary/aromatic N) is 4. The molecule has 30 heavy (non-hydrogen) atoms. The Hall–Kier alpha value is -3.32. The number of aromatic nitrogens is 4. The Balaban J connectivity index is 1.43. The second-order valence-electron chi connectivity index (χ2n) is 7.21. The third kappa shape index (κ3) is 4.63. The van der Waals surface area contributed by atoms with E-state index in [0.717, 1.165) is 22.8 Å². The van der Waals surface area contributed by atoms with Gasteiger partial charge in [0.15, 0.2) is 0 Å². The Kier molecular flexibility index (Phi) is 5.99. The summed E-state index contributed by atoms with van der Waals surface area (Å²) in [5.74, 6) is 0.225. The predicted molar refractivity (Wildman–Crippen MR) is 118 cm³/mol. The number of carbonyl (C=O) groups is 1. The van der Waals surface area contributed by atoms with Gasteiger partial charge in [0, 0.05) is 37.6 Å². The first kappa shape index (κ1) is 20.0. The summed E-state index contributed by atoms with van der Waals surface area (Å²) < 4.78 is 1.94. The lowest BCUT2D eigenvalue weighted by atomic mass is 10.0. The van der Waals surface area contributed by atoms with Crippen molar-refractivity contribution in [3.8, 4) is 10.7 Å². The van der Waals surface area contributed by atoms with Crippen LogP contribution in [0.15, 0.2) is 67.1 Å². The van der Waals surface area contributed by atoms with Gasteiger partial charge in [0.2, 0.25) is 0 Å². The standard InChI is InChI=1S/C23H23N5OS/c1-16(19-8-4-3-5-9-19)15-28-12-10-20(27-28)23-26-17(2)21(30-23)22(29)25-14-18-7-6-11-24-13-18/h3-13,16H,14-15H2,1-2H3,(H,25,29). The number of carbonyl (C=O) groups excluding carboxylic acids is 1. The molecule has 0 aliphatic rings. The van der Waals surface area contributed by atoms with E-state index in [4.69, 9.17) is 0 Å². The number of benzene rings is 1. The molecule has 4 aromatic rings. The van der Waals surface area contributed by atoms with Crippen LogP contribution >= 0.6 is 11.3 Å². The lowest BCUT2D eigenvalue weighted by molar-refractivity contribution is 0.0954. The van der Waals surface area contributed by atoms with Crippen molar-refractivity contribution in [2.45, 2.75) is 32.9 Å². The SMILES string of the molecule is Cc1nc(-c2ccn(CC(C)c3ccccc3)n2)sc1C(=O)NCc1cccnc1. The minimum absolute atomic E-state index is 0.128. The molecule has 0 fully saturated rings. The molecule has 152 valence electrons. The maximum Gasteiger partial charge on any atom is 0.263 e. The van der Waals surface area contributed by atoms with Crippen molar-refractivity contribution in [2.75, 3.05) is 0 Å². The molecule has 6 nitrogen and oxygen atoms in total. The molecule has 0 bridgehead atoms. The van der Waals surface area contributed by atoms with Crippen molar-refractivity contribution in [3.05, 3.63) is 88.8 Å². The summed E-state index contributed by atoms with van der Waals surface area (Å²) in [4.78, 5) is 21.9. The van der Waals surface area contributed by atoms with Crippen LogP contribution in [0.2, 0.25) is 0 Å². The molecular weight excluding hydrogens is 394 g/mol. The van der Waals surface area contributed by atoms with E-state index < -0.39 is 0 Å². The zero-order valence-electron chi connectivity index (χ0n) is 16.9. The molecule has 0 aliphatic carbocycles. The van der Waals surface area contributed by atoms with Crippen LogP contribution in [-0.4, -0.2) is 25.7 Å². The van der Waals surface area contributed by atoms with Crippen LogP contribution in [0.3, 0.4) is 0 Å². The molecule has 4 rings (SSSR count). The number of thiazole rings is 1. The fourth-order valence-corrected chi connectivity index (χ4v) is 4.17. The Bertz CT molecular complexity index is 1120. The number of hydrogen-bond donors (Lipinski definition) is 1. The molecule has 1 N–H and O–H groups in total. The van der Waals surface area contributed by atoms with E-state index in [1.807, 2.05) is 42.1 Å². The maximum atomic E-state index is 12.6. The van der Waals surface area contributed by atoms with E-state index in [2.05, 4.69) is 51.6 Å². The predicted octanol–water partition coefficient (Wildman–Crippen LogP) is 4.44. The lowest BCUT2D eigenvalue weighted by Crippen LogP contribution is -2.22. The average molecular weight is 418 g/mol. The molecule has 0 spiro atoms. The fourth-order valence-electron chi connectivity index (χ4n) is 3.23. The monoisotopic (exact) mass is 417 g/mol. The quantitative estimate of drug-likeness (QED) is 0.482. The van der Waals surface area contributed by atoms with Gasteiger partial charge in [-0.05, 0) is 30.2 Å². The molecule has 0 saturated carbocycles. The van der Waals surface area contributed by atoms with E-state index in [9.17, 15) is 4.79 Å². The van der Waals surface area contributed by atoms with E-state index in [1.54, 1.807) is 12.4 Å². The zero-order chi connectivity index (χ0) is 20.9. The highest BCUT2D eigenvalue weighted by Gasteiger charge is 2.18. The summed E-state index contributed by atoms with van der Waals surface area (Å²) in [7, 11) is 0. The van der Waals surface area contributed by atoms with Gasteiger partial charge in [0.25, 0.3) is 5.91 Å². The van der Waals surface area contributed by atoms with Crippen molar-refractivity contribution in [2.24, 2.45) is 0 Å². The van der Waals surface area contributed by atoms with Gasteiger partial charge in [0.1, 0.15) is 15.6 Å². The highest BCUT2D eigenvalue weighted by atomic mass is 32.1. The number of pyridine rings is 1. The summed E-state index contributed by atoms with van der Waals surface area (Å²) >= 11 is 1.37. The van der Waals surface area contributed by atoms with E-state index in [1.165, 1.54) is 16.9 Å². The average Bonchev–Trinajstić information content (AvgIpc) is 3.40.